The van der Waals surface area contributed by atoms with Crippen LogP contribution in [0.15, 0.2) is 75.9 Å². The minimum absolute atomic E-state index is 0.0494. The van der Waals surface area contributed by atoms with Crippen LogP contribution in [-0.2, 0) is 100.0 Å². The zero-order valence-electron chi connectivity index (χ0n) is 50.1. The molecule has 2 rings (SSSR count). The summed E-state index contributed by atoms with van der Waals surface area (Å²) < 4.78 is 174. The Kier molecular flexibility index (Phi) is 28.0. The monoisotopic (exact) mass is 1290 g/mol. The highest BCUT2D eigenvalue weighted by molar-refractivity contribution is 5.84. The maximum atomic E-state index is 14.9. The fourth-order valence-electron chi connectivity index (χ4n) is 10.9. The Balaban J connectivity index is 2.11. The summed E-state index contributed by atoms with van der Waals surface area (Å²) in [5.74, 6) is -11.8. The van der Waals surface area contributed by atoms with Gasteiger partial charge in [0, 0.05) is 49.4 Å². The Morgan fingerprint density at radius 3 is 1.18 bits per heavy atom. The number of carbonyl (C=O) groups is 10. The van der Waals surface area contributed by atoms with E-state index < -0.39 is 201 Å². The zero-order valence-corrected chi connectivity index (χ0v) is 50.1. The van der Waals surface area contributed by atoms with E-state index in [0.29, 0.717) is 6.42 Å². The number of hydrogen-bond acceptors (Lipinski definition) is 22. The molecule has 0 spiro atoms. The Hall–Kier alpha value is -7.70. The first-order valence-corrected chi connectivity index (χ1v) is 27.0. The summed E-state index contributed by atoms with van der Waals surface area (Å²) in [7, 11) is 0. The van der Waals surface area contributed by atoms with Crippen LogP contribution < -0.4 is 5.32 Å². The van der Waals surface area contributed by atoms with Crippen LogP contribution in [0.3, 0.4) is 0 Å². The molecule has 0 heterocycles. The molecular weight excluding hydrogens is 1210 g/mol. The van der Waals surface area contributed by atoms with Gasteiger partial charge in [0.15, 0.2) is 13.2 Å². The summed E-state index contributed by atoms with van der Waals surface area (Å²) in [5.41, 5.74) is -8.04. The van der Waals surface area contributed by atoms with E-state index in [0.717, 1.165) is 36.5 Å². The van der Waals surface area contributed by atoms with E-state index in [9.17, 15) is 83.1 Å². The molecule has 0 bridgehead atoms. The summed E-state index contributed by atoms with van der Waals surface area (Å²) in [5, 5.41) is 2.47. The zero-order chi connectivity index (χ0) is 68.1. The molecule has 0 aromatic heterocycles. The van der Waals surface area contributed by atoms with Crippen LogP contribution in [0.2, 0.25) is 0 Å². The van der Waals surface area contributed by atoms with Crippen LogP contribution in [0.25, 0.3) is 0 Å². The molecule has 2 aliphatic carbocycles. The summed E-state index contributed by atoms with van der Waals surface area (Å²) >= 11 is 0. The van der Waals surface area contributed by atoms with Crippen LogP contribution in [0.5, 0.6) is 0 Å². The van der Waals surface area contributed by atoms with Crippen LogP contribution in [-0.4, -0.2) is 155 Å². The fourth-order valence-corrected chi connectivity index (χ4v) is 10.9. The van der Waals surface area contributed by atoms with Gasteiger partial charge in [0.2, 0.25) is 11.2 Å². The number of halogens is 8. The van der Waals surface area contributed by atoms with Gasteiger partial charge in [0.25, 0.3) is 0 Å². The first-order chi connectivity index (χ1) is 40.9. The molecule has 89 heavy (non-hydrogen) atoms. The first kappa shape index (κ1) is 77.4. The van der Waals surface area contributed by atoms with Crippen molar-refractivity contribution in [2.45, 2.75) is 135 Å². The highest BCUT2D eigenvalue weighted by Crippen LogP contribution is 2.53. The van der Waals surface area contributed by atoms with E-state index in [2.05, 4.69) is 63.7 Å². The summed E-state index contributed by atoms with van der Waals surface area (Å²) in [6.45, 7) is 19.0. The number of nitrogens with one attached hydrogen (secondary N) is 1. The molecule has 2 saturated carbocycles. The van der Waals surface area contributed by atoms with Crippen molar-refractivity contribution >= 4 is 59.8 Å². The lowest BCUT2D eigenvalue weighted by atomic mass is 9.59. The predicted octanol–water partition coefficient (Wildman–Crippen LogP) is 8.43. The molecule has 2 aliphatic rings. The number of ether oxygens (including phenoxy) is 12. The Morgan fingerprint density at radius 1 is 0.427 bits per heavy atom. The summed E-state index contributed by atoms with van der Waals surface area (Å²) in [4.78, 5) is 125. The average Bonchev–Trinajstić information content (AvgIpc) is 1.05. The second-order valence-electron chi connectivity index (χ2n) is 23.7. The van der Waals surface area contributed by atoms with Gasteiger partial charge in [-0.05, 0) is 72.0 Å². The third kappa shape index (κ3) is 27.3. The van der Waals surface area contributed by atoms with Crippen molar-refractivity contribution in [1.82, 2.24) is 5.32 Å². The predicted molar refractivity (Wildman–Crippen MR) is 289 cm³/mol. The van der Waals surface area contributed by atoms with Crippen LogP contribution in [0.4, 0.5) is 39.9 Å². The average molecular weight is 1290 g/mol. The van der Waals surface area contributed by atoms with Crippen molar-refractivity contribution in [3.8, 4) is 0 Å². The van der Waals surface area contributed by atoms with E-state index in [1.165, 1.54) is 6.92 Å². The standard InChI is InChI=1S/C58H75F8NO22/c1-13-39(68)78-29-53(30-79-40(69)14-2,31-80-41(70)15-3)86-47(76)25-51(11)22-37(20-49(7,8)27-51)19-45(74)87-55(59,60)36-85-57(63,64)58(65,66)89-56(61,62)35-84-46(75)24-52(12)23-38(21-50(9,10)28-52)26-67-48(77)88-54(32-81-42(71)16-4,33-82-43(72)17-5)34-83-44(73)18-6/h13-18,37-38H,1-6,19-36H2,7-12H3,(H,67,77). The molecule has 23 nitrogen and oxygen atoms in total. The van der Waals surface area contributed by atoms with Crippen molar-refractivity contribution in [2.75, 3.05) is 59.4 Å². The Labute approximate surface area is 507 Å². The third-order valence-electron chi connectivity index (χ3n) is 13.4. The first-order valence-electron chi connectivity index (χ1n) is 27.0. The van der Waals surface area contributed by atoms with Crippen molar-refractivity contribution in [2.24, 2.45) is 33.5 Å². The van der Waals surface area contributed by atoms with Gasteiger partial charge in [-0.1, -0.05) is 81.0 Å². The van der Waals surface area contributed by atoms with Gasteiger partial charge in [-0.2, -0.15) is 35.1 Å². The van der Waals surface area contributed by atoms with Gasteiger partial charge in [-0.15, -0.1) is 0 Å². The second kappa shape index (κ2) is 32.2. The summed E-state index contributed by atoms with van der Waals surface area (Å²) in [6.07, 6.45) is -21.2. The SMILES string of the molecule is C=CC(=O)OCC(COC(=O)C=C)(COC(=O)C=C)OC(=O)CC1(C)CC(CC(=O)OC(F)(F)COC(F)(F)C(F)(F)OC(F)(F)COC(=O)CC2(C)CC(CNC(=O)OC(COC(=O)C=C)(COC(=O)C=C)COC(=O)C=C)CC(C)(C)C2)CC(C)(C)C1. The molecule has 0 aromatic carbocycles. The maximum Gasteiger partial charge on any atom is 0.452 e. The van der Waals surface area contributed by atoms with Gasteiger partial charge in [0.05, 0.1) is 12.8 Å². The molecule has 0 saturated heterocycles. The molecule has 1 N–H and O–H groups in total. The van der Waals surface area contributed by atoms with Crippen molar-refractivity contribution in [3.05, 3.63) is 75.9 Å². The van der Waals surface area contributed by atoms with Gasteiger partial charge in [0.1, 0.15) is 39.6 Å². The van der Waals surface area contributed by atoms with Gasteiger partial charge in [-0.3, -0.25) is 14.4 Å². The van der Waals surface area contributed by atoms with Gasteiger partial charge >= 0.3 is 84.3 Å². The van der Waals surface area contributed by atoms with E-state index in [1.807, 2.05) is 0 Å². The summed E-state index contributed by atoms with van der Waals surface area (Å²) in [6, 6.07) is 0. The van der Waals surface area contributed by atoms with Crippen molar-refractivity contribution in [3.63, 3.8) is 0 Å². The lowest BCUT2D eigenvalue weighted by Crippen LogP contribution is -2.52. The second-order valence-corrected chi connectivity index (χ2v) is 23.7. The quantitative estimate of drug-likeness (QED) is 0.0264. The molecular formula is C58H75F8NO22. The van der Waals surface area contributed by atoms with Crippen LogP contribution in [0, 0.1) is 33.5 Å². The molecule has 1 amide bonds. The van der Waals surface area contributed by atoms with E-state index in [1.54, 1.807) is 34.6 Å². The maximum absolute atomic E-state index is 14.9. The van der Waals surface area contributed by atoms with E-state index in [-0.39, 0.29) is 38.6 Å². The number of rotatable bonds is 37. The number of esters is 9. The number of amides is 1. The minimum Gasteiger partial charge on any atom is -0.458 e. The number of alkyl halides is 8. The highest BCUT2D eigenvalue weighted by Gasteiger charge is 2.65. The minimum atomic E-state index is -6.42. The molecule has 4 atom stereocenters. The molecule has 0 aromatic rings. The van der Waals surface area contributed by atoms with Crippen molar-refractivity contribution < 1.29 is 140 Å². The number of hydrogen-bond donors (Lipinski definition) is 1. The number of carbonyl (C=O) groups excluding carboxylic acids is 10. The third-order valence-corrected chi connectivity index (χ3v) is 13.4. The Bertz CT molecular complexity index is 2520. The van der Waals surface area contributed by atoms with Crippen LogP contribution >= 0.6 is 0 Å². The lowest BCUT2D eigenvalue weighted by Gasteiger charge is -2.46. The molecule has 4 unspecified atom stereocenters. The molecule has 31 heteroatoms. The van der Waals surface area contributed by atoms with Gasteiger partial charge < -0.3 is 57.4 Å². The number of alkyl carbamates (subject to hydrolysis) is 1. The van der Waals surface area contributed by atoms with Crippen molar-refractivity contribution in [1.29, 1.82) is 0 Å². The Morgan fingerprint density at radius 2 is 0.787 bits per heavy atom. The highest BCUT2D eigenvalue weighted by atomic mass is 19.3. The topological polar surface area (TPSA) is 293 Å². The lowest BCUT2D eigenvalue weighted by molar-refractivity contribution is -0.488. The largest absolute Gasteiger partial charge is 0.458 e. The normalized spacial score (nSPS) is 20.0. The molecule has 500 valence electrons. The molecule has 0 aliphatic heterocycles. The van der Waals surface area contributed by atoms with E-state index in [4.69, 9.17) is 37.9 Å². The van der Waals surface area contributed by atoms with Gasteiger partial charge in [-0.25, -0.2) is 38.3 Å². The molecule has 2 fully saturated rings. The smallest absolute Gasteiger partial charge is 0.452 e. The fraction of sp³-hybridized carbons (Fsp3) is 0.621. The van der Waals surface area contributed by atoms with Crippen LogP contribution in [0.1, 0.15) is 99.3 Å². The van der Waals surface area contributed by atoms with E-state index >= 15 is 0 Å². The molecule has 0 radical (unpaired) electrons.